The fourth-order valence-electron chi connectivity index (χ4n) is 1.88. The molecule has 0 aliphatic heterocycles. The van der Waals surface area contributed by atoms with Crippen molar-refractivity contribution in [3.05, 3.63) is 58.9 Å². The molecule has 0 aromatic heterocycles. The Hall–Kier alpha value is -1.96. The van der Waals surface area contributed by atoms with Gasteiger partial charge in [-0.1, -0.05) is 29.8 Å². The first kappa shape index (κ1) is 17.4. The average Bonchev–Trinajstić information content (AvgIpc) is 2.49. The van der Waals surface area contributed by atoms with Crippen molar-refractivity contribution >= 4 is 33.2 Å². The van der Waals surface area contributed by atoms with Gasteiger partial charge in [0.05, 0.1) is 16.5 Å². The van der Waals surface area contributed by atoms with Gasteiger partial charge in [0.1, 0.15) is 5.82 Å². The highest BCUT2D eigenvalue weighted by Crippen LogP contribution is 2.19. The summed E-state index contributed by atoms with van der Waals surface area (Å²) in [6, 6.07) is 10.1. The van der Waals surface area contributed by atoms with E-state index in [0.717, 1.165) is 6.07 Å². The van der Waals surface area contributed by atoms with Gasteiger partial charge < -0.3 is 5.32 Å². The van der Waals surface area contributed by atoms with Crippen LogP contribution in [0.15, 0.2) is 47.4 Å². The summed E-state index contributed by atoms with van der Waals surface area (Å²) in [6.45, 7) is 1.21. The van der Waals surface area contributed by atoms with Crippen LogP contribution < -0.4 is 10.0 Å². The number of hydrogen-bond acceptors (Lipinski definition) is 3. The maximum atomic E-state index is 13.0. The number of sulfonamides is 1. The summed E-state index contributed by atoms with van der Waals surface area (Å²) in [5.74, 6) is -1.20. The van der Waals surface area contributed by atoms with Crippen molar-refractivity contribution in [3.8, 4) is 0 Å². The number of halogens is 2. The second kappa shape index (κ2) is 7.08. The van der Waals surface area contributed by atoms with Gasteiger partial charge in [-0.3, -0.25) is 4.79 Å². The lowest BCUT2D eigenvalue weighted by Crippen LogP contribution is -2.33. The molecule has 0 radical (unpaired) electrons. The highest BCUT2D eigenvalue weighted by molar-refractivity contribution is 7.89. The van der Waals surface area contributed by atoms with Crippen LogP contribution in [0.2, 0.25) is 5.02 Å². The third-order valence-corrected chi connectivity index (χ3v) is 4.86. The second-order valence-corrected chi connectivity index (χ2v) is 6.91. The summed E-state index contributed by atoms with van der Waals surface area (Å²) >= 11 is 5.61. The summed E-state index contributed by atoms with van der Waals surface area (Å²) in [5.41, 5.74) is 0.849. The van der Waals surface area contributed by atoms with Crippen molar-refractivity contribution in [1.82, 2.24) is 4.72 Å². The number of aryl methyl sites for hydroxylation is 1. The molecule has 0 aliphatic carbocycles. The summed E-state index contributed by atoms with van der Waals surface area (Å²) in [6.07, 6.45) is 0. The number of carbonyl (C=O) groups is 1. The molecule has 8 heteroatoms. The van der Waals surface area contributed by atoms with Crippen LogP contribution in [-0.4, -0.2) is 20.9 Å². The molecule has 0 fully saturated rings. The van der Waals surface area contributed by atoms with Gasteiger partial charge in [-0.15, -0.1) is 0 Å². The van der Waals surface area contributed by atoms with E-state index in [0.29, 0.717) is 5.56 Å². The molecule has 122 valence electrons. The molecule has 0 heterocycles. The molecule has 0 aliphatic rings. The summed E-state index contributed by atoms with van der Waals surface area (Å²) in [5, 5.41) is 2.30. The van der Waals surface area contributed by atoms with Gasteiger partial charge in [-0.2, -0.15) is 0 Å². The van der Waals surface area contributed by atoms with E-state index in [2.05, 4.69) is 10.0 Å². The number of anilines is 1. The minimum absolute atomic E-state index is 0.109. The van der Waals surface area contributed by atoms with Crippen molar-refractivity contribution in [2.45, 2.75) is 11.8 Å². The fourth-order valence-corrected chi connectivity index (χ4v) is 3.28. The molecule has 0 spiro atoms. The van der Waals surface area contributed by atoms with Crippen LogP contribution in [0, 0.1) is 12.7 Å². The predicted molar refractivity (Wildman–Crippen MR) is 86.4 cm³/mol. The van der Waals surface area contributed by atoms with E-state index in [4.69, 9.17) is 11.6 Å². The normalized spacial score (nSPS) is 11.3. The number of benzene rings is 2. The molecule has 23 heavy (non-hydrogen) atoms. The van der Waals surface area contributed by atoms with Crippen LogP contribution in [0.1, 0.15) is 5.56 Å². The quantitative estimate of drug-likeness (QED) is 0.864. The highest BCUT2D eigenvalue weighted by Gasteiger charge is 2.17. The van der Waals surface area contributed by atoms with Crippen LogP contribution in [0.5, 0.6) is 0 Å². The largest absolute Gasteiger partial charge is 0.325 e. The van der Waals surface area contributed by atoms with E-state index in [1.807, 2.05) is 0 Å². The summed E-state index contributed by atoms with van der Waals surface area (Å²) in [7, 11) is -3.79. The van der Waals surface area contributed by atoms with Crippen molar-refractivity contribution in [3.63, 3.8) is 0 Å². The Morgan fingerprint density at radius 1 is 1.22 bits per heavy atom. The molecule has 0 saturated heterocycles. The van der Waals surface area contributed by atoms with Gasteiger partial charge >= 0.3 is 0 Å². The van der Waals surface area contributed by atoms with E-state index in [9.17, 15) is 17.6 Å². The van der Waals surface area contributed by atoms with Gasteiger partial charge in [0, 0.05) is 5.69 Å². The summed E-state index contributed by atoms with van der Waals surface area (Å²) in [4.78, 5) is 11.9. The zero-order chi connectivity index (χ0) is 17.0. The van der Waals surface area contributed by atoms with Crippen LogP contribution in [-0.2, 0) is 14.8 Å². The maximum absolute atomic E-state index is 13.0. The van der Waals surface area contributed by atoms with E-state index < -0.39 is 28.3 Å². The second-order valence-electron chi connectivity index (χ2n) is 4.77. The standard InChI is InChI=1S/C15H14ClFN2O3S/c1-10-4-2-3-5-14(10)23(21,22)18-9-15(20)19-11-6-7-13(17)12(16)8-11/h2-8,18H,9H2,1H3,(H,19,20). The first-order chi connectivity index (χ1) is 10.8. The smallest absolute Gasteiger partial charge is 0.241 e. The zero-order valence-electron chi connectivity index (χ0n) is 12.1. The van der Waals surface area contributed by atoms with Crippen LogP contribution in [0.25, 0.3) is 0 Å². The molecule has 0 saturated carbocycles. The van der Waals surface area contributed by atoms with Crippen molar-refractivity contribution in [2.24, 2.45) is 0 Å². The van der Waals surface area contributed by atoms with Crippen LogP contribution in [0.4, 0.5) is 10.1 Å². The molecule has 0 unspecified atom stereocenters. The number of rotatable bonds is 5. The van der Waals surface area contributed by atoms with Crippen molar-refractivity contribution < 1.29 is 17.6 Å². The fraction of sp³-hybridized carbons (Fsp3) is 0.133. The van der Waals surface area contributed by atoms with Gasteiger partial charge in [-0.25, -0.2) is 17.5 Å². The van der Waals surface area contributed by atoms with E-state index in [-0.39, 0.29) is 15.6 Å². The molecule has 0 atom stereocenters. The van der Waals surface area contributed by atoms with Gasteiger partial charge in [0.15, 0.2) is 0 Å². The van der Waals surface area contributed by atoms with Crippen molar-refractivity contribution in [1.29, 1.82) is 0 Å². The minimum atomic E-state index is -3.79. The minimum Gasteiger partial charge on any atom is -0.325 e. The molecule has 5 nitrogen and oxygen atoms in total. The molecule has 0 bridgehead atoms. The SMILES string of the molecule is Cc1ccccc1S(=O)(=O)NCC(=O)Nc1ccc(F)c(Cl)c1. The van der Waals surface area contributed by atoms with Crippen molar-refractivity contribution in [2.75, 3.05) is 11.9 Å². The van der Waals surface area contributed by atoms with Gasteiger partial charge in [-0.05, 0) is 36.8 Å². The Balaban J connectivity index is 2.01. The molecular weight excluding hydrogens is 343 g/mol. The molecule has 2 aromatic rings. The lowest BCUT2D eigenvalue weighted by Gasteiger charge is -2.10. The first-order valence-corrected chi connectivity index (χ1v) is 8.46. The first-order valence-electron chi connectivity index (χ1n) is 6.60. The molecule has 1 amide bonds. The van der Waals surface area contributed by atoms with Crippen LogP contribution in [0.3, 0.4) is 0 Å². The third kappa shape index (κ3) is 4.51. The van der Waals surface area contributed by atoms with E-state index in [1.165, 1.54) is 18.2 Å². The Morgan fingerprint density at radius 2 is 1.91 bits per heavy atom. The summed E-state index contributed by atoms with van der Waals surface area (Å²) < 4.78 is 39.5. The topological polar surface area (TPSA) is 75.3 Å². The lowest BCUT2D eigenvalue weighted by atomic mass is 10.2. The number of hydrogen-bond donors (Lipinski definition) is 2. The predicted octanol–water partition coefficient (Wildman–Crippen LogP) is 2.70. The number of nitrogens with one attached hydrogen (secondary N) is 2. The zero-order valence-corrected chi connectivity index (χ0v) is 13.7. The Morgan fingerprint density at radius 3 is 2.57 bits per heavy atom. The maximum Gasteiger partial charge on any atom is 0.241 e. The Bertz CT molecular complexity index is 840. The molecule has 2 aromatic carbocycles. The number of carbonyl (C=O) groups excluding carboxylic acids is 1. The van der Waals surface area contributed by atoms with E-state index >= 15 is 0 Å². The Kier molecular flexibility index (Phi) is 5.35. The molecule has 2 N–H and O–H groups in total. The highest BCUT2D eigenvalue weighted by atomic mass is 35.5. The van der Waals surface area contributed by atoms with Gasteiger partial charge in [0.25, 0.3) is 0 Å². The molecular formula is C15H14ClFN2O3S. The van der Waals surface area contributed by atoms with Gasteiger partial charge in [0.2, 0.25) is 15.9 Å². The lowest BCUT2D eigenvalue weighted by molar-refractivity contribution is -0.115. The number of amides is 1. The molecule has 2 rings (SSSR count). The van der Waals surface area contributed by atoms with Crippen LogP contribution >= 0.6 is 11.6 Å². The monoisotopic (exact) mass is 356 g/mol. The average molecular weight is 357 g/mol. The van der Waals surface area contributed by atoms with E-state index in [1.54, 1.807) is 25.1 Å². The Labute approximate surface area is 138 Å². The third-order valence-electron chi connectivity index (χ3n) is 3.01.